The number of rotatable bonds is 3. The Labute approximate surface area is 192 Å². The number of ketones is 3. The summed E-state index contributed by atoms with van der Waals surface area (Å²) in [5, 5.41) is 0. The second-order valence-corrected chi connectivity index (χ2v) is 8.62. The van der Waals surface area contributed by atoms with E-state index in [1.165, 1.54) is 11.8 Å². The van der Waals surface area contributed by atoms with E-state index in [0.717, 1.165) is 29.5 Å². The van der Waals surface area contributed by atoms with E-state index in [-0.39, 0.29) is 22.9 Å². The van der Waals surface area contributed by atoms with E-state index in [0.29, 0.717) is 45.0 Å². The molecule has 3 aliphatic rings. The highest BCUT2D eigenvalue weighted by Crippen LogP contribution is 2.49. The molecule has 1 heterocycles. The molecule has 2 aromatic carbocycles. The standard InChI is InChI=1S/C25H19NO3S.C2H6/c1-13-15-6-2-3-7-16(15)23(28)21-20-19(12-30-25(13)21)22(27)17-9-8-14(5-4-10-26)11-18(17)24(20)29;1-2/h2-3,6-9,11H,1,4-5,10,12,26H2;1-2H3. The third-order valence-electron chi connectivity index (χ3n) is 5.88. The van der Waals surface area contributed by atoms with Gasteiger partial charge < -0.3 is 5.73 Å². The van der Waals surface area contributed by atoms with E-state index in [1.54, 1.807) is 24.3 Å². The third-order valence-corrected chi connectivity index (χ3v) is 7.05. The summed E-state index contributed by atoms with van der Waals surface area (Å²) >= 11 is 1.42. The molecule has 0 radical (unpaired) electrons. The minimum atomic E-state index is -0.248. The Kier molecular flexibility index (Phi) is 6.13. The average Bonchev–Trinajstić information content (AvgIpc) is 2.84. The lowest BCUT2D eigenvalue weighted by molar-refractivity contribution is 0.0966. The van der Waals surface area contributed by atoms with Crippen molar-refractivity contribution >= 4 is 34.7 Å². The molecule has 1 aliphatic heterocycles. The van der Waals surface area contributed by atoms with Crippen LogP contribution in [-0.4, -0.2) is 29.6 Å². The van der Waals surface area contributed by atoms with Gasteiger partial charge in [0.2, 0.25) is 0 Å². The molecule has 0 unspecified atom stereocenters. The first-order valence-corrected chi connectivity index (χ1v) is 11.9. The Bertz CT molecular complexity index is 1250. The Morgan fingerprint density at radius 3 is 2.25 bits per heavy atom. The van der Waals surface area contributed by atoms with Gasteiger partial charge in [0.15, 0.2) is 17.3 Å². The molecule has 0 bridgehead atoms. The van der Waals surface area contributed by atoms with E-state index < -0.39 is 0 Å². The SMILES string of the molecule is C=C1C2=C(C(=O)c3ccccc31)C1=C(CS2)C(=O)c2ccc(CCCN)cc2C1=O.CC. The number of allylic oxidation sites excluding steroid dienone is 3. The first-order chi connectivity index (χ1) is 15.5. The highest BCUT2D eigenvalue weighted by atomic mass is 32.2. The molecule has 2 aliphatic carbocycles. The van der Waals surface area contributed by atoms with E-state index in [1.807, 2.05) is 32.0 Å². The average molecular weight is 444 g/mol. The summed E-state index contributed by atoms with van der Waals surface area (Å²) in [5.74, 6) is -0.262. The molecule has 5 heteroatoms. The van der Waals surface area contributed by atoms with Crippen molar-refractivity contribution in [1.82, 2.24) is 0 Å². The number of fused-ring (bicyclic) bond motifs is 3. The molecule has 5 rings (SSSR count). The predicted molar refractivity (Wildman–Crippen MR) is 130 cm³/mol. The molecule has 0 amide bonds. The fourth-order valence-electron chi connectivity index (χ4n) is 4.37. The molecule has 32 heavy (non-hydrogen) atoms. The van der Waals surface area contributed by atoms with Gasteiger partial charge in [-0.15, -0.1) is 11.8 Å². The van der Waals surface area contributed by atoms with Gasteiger partial charge in [0, 0.05) is 44.1 Å². The maximum atomic E-state index is 13.6. The van der Waals surface area contributed by atoms with Crippen molar-refractivity contribution in [2.45, 2.75) is 26.7 Å². The number of Topliss-reactive ketones (excluding diaryl/α,β-unsaturated/α-hetero) is 3. The minimum absolute atomic E-state index is 0.165. The van der Waals surface area contributed by atoms with Crippen LogP contribution in [0.1, 0.15) is 62.5 Å². The largest absolute Gasteiger partial charge is 0.330 e. The smallest absolute Gasteiger partial charge is 0.195 e. The Balaban J connectivity index is 0.00000119. The van der Waals surface area contributed by atoms with Gasteiger partial charge >= 0.3 is 0 Å². The van der Waals surface area contributed by atoms with Crippen molar-refractivity contribution in [2.24, 2.45) is 5.73 Å². The third kappa shape index (κ3) is 3.33. The summed E-state index contributed by atoms with van der Waals surface area (Å²) in [6, 6.07) is 12.7. The van der Waals surface area contributed by atoms with Crippen LogP contribution in [0.2, 0.25) is 0 Å². The fraction of sp³-hybridized carbons (Fsp3) is 0.222. The monoisotopic (exact) mass is 443 g/mol. The normalized spacial score (nSPS) is 16.7. The van der Waals surface area contributed by atoms with E-state index >= 15 is 0 Å². The second-order valence-electron chi connectivity index (χ2n) is 7.63. The number of carbonyl (C=O) groups is 3. The van der Waals surface area contributed by atoms with Crippen LogP contribution >= 0.6 is 11.8 Å². The topological polar surface area (TPSA) is 77.2 Å². The van der Waals surface area contributed by atoms with Gasteiger partial charge in [-0.2, -0.15) is 0 Å². The molecular formula is C27H25NO3S. The number of nitrogens with two attached hydrogens (primary N) is 1. The van der Waals surface area contributed by atoms with Crippen molar-refractivity contribution in [2.75, 3.05) is 12.3 Å². The van der Waals surface area contributed by atoms with Crippen LogP contribution in [0.3, 0.4) is 0 Å². The number of benzene rings is 2. The summed E-state index contributed by atoms with van der Waals surface area (Å²) in [4.78, 5) is 40.9. The van der Waals surface area contributed by atoms with Crippen molar-refractivity contribution in [1.29, 1.82) is 0 Å². The fourth-order valence-corrected chi connectivity index (χ4v) is 5.56. The van der Waals surface area contributed by atoms with Gasteiger partial charge in [-0.3, -0.25) is 14.4 Å². The van der Waals surface area contributed by atoms with Crippen LogP contribution in [0.15, 0.2) is 70.7 Å². The molecule has 0 aromatic heterocycles. The number of hydrogen-bond acceptors (Lipinski definition) is 5. The number of hydrogen-bond donors (Lipinski definition) is 1. The lowest BCUT2D eigenvalue weighted by Gasteiger charge is -2.32. The van der Waals surface area contributed by atoms with Gasteiger partial charge in [0.05, 0.1) is 0 Å². The second kappa shape index (κ2) is 8.85. The highest BCUT2D eigenvalue weighted by Gasteiger charge is 2.42. The Morgan fingerprint density at radius 2 is 1.53 bits per heavy atom. The van der Waals surface area contributed by atoms with Gasteiger partial charge in [0.25, 0.3) is 0 Å². The minimum Gasteiger partial charge on any atom is -0.330 e. The van der Waals surface area contributed by atoms with Crippen LogP contribution in [0.5, 0.6) is 0 Å². The number of carbonyl (C=O) groups excluding carboxylic acids is 3. The number of aryl methyl sites for hydroxylation is 1. The zero-order valence-electron chi connectivity index (χ0n) is 18.3. The lowest BCUT2D eigenvalue weighted by atomic mass is 9.75. The lowest BCUT2D eigenvalue weighted by Crippen LogP contribution is -2.31. The molecular weight excluding hydrogens is 418 g/mol. The van der Waals surface area contributed by atoms with Crippen LogP contribution in [0.25, 0.3) is 5.57 Å². The molecule has 0 spiro atoms. The molecule has 0 atom stereocenters. The van der Waals surface area contributed by atoms with Crippen molar-refractivity contribution < 1.29 is 14.4 Å². The van der Waals surface area contributed by atoms with Crippen LogP contribution in [0.4, 0.5) is 0 Å². The Morgan fingerprint density at radius 1 is 0.875 bits per heavy atom. The molecule has 162 valence electrons. The van der Waals surface area contributed by atoms with Crippen LogP contribution in [0, 0.1) is 0 Å². The Hall–Kier alpha value is -3.02. The predicted octanol–water partition coefficient (Wildman–Crippen LogP) is 5.19. The maximum absolute atomic E-state index is 13.6. The highest BCUT2D eigenvalue weighted by molar-refractivity contribution is 8.04. The van der Waals surface area contributed by atoms with Gasteiger partial charge in [-0.05, 0) is 42.2 Å². The summed E-state index contributed by atoms with van der Waals surface area (Å²) in [6.07, 6.45) is 1.54. The first-order valence-electron chi connectivity index (χ1n) is 10.9. The quantitative estimate of drug-likeness (QED) is 0.706. The van der Waals surface area contributed by atoms with Gasteiger partial charge in [0.1, 0.15) is 0 Å². The van der Waals surface area contributed by atoms with Crippen LogP contribution < -0.4 is 5.73 Å². The van der Waals surface area contributed by atoms with Crippen molar-refractivity contribution in [3.8, 4) is 0 Å². The molecule has 4 nitrogen and oxygen atoms in total. The first kappa shape index (κ1) is 22.2. The number of thioether (sulfide) groups is 1. The molecule has 2 N–H and O–H groups in total. The van der Waals surface area contributed by atoms with Crippen molar-refractivity contribution in [3.05, 3.63) is 98.5 Å². The van der Waals surface area contributed by atoms with Gasteiger partial charge in [-0.1, -0.05) is 56.8 Å². The van der Waals surface area contributed by atoms with E-state index in [9.17, 15) is 14.4 Å². The summed E-state index contributed by atoms with van der Waals surface area (Å²) in [5.41, 5.74) is 10.4. The maximum Gasteiger partial charge on any atom is 0.195 e. The van der Waals surface area contributed by atoms with E-state index in [4.69, 9.17) is 5.73 Å². The summed E-state index contributed by atoms with van der Waals surface area (Å²) in [7, 11) is 0. The molecule has 0 saturated carbocycles. The molecule has 2 aromatic rings. The van der Waals surface area contributed by atoms with E-state index in [2.05, 4.69) is 6.58 Å². The molecule has 0 fully saturated rings. The zero-order chi connectivity index (χ0) is 23.0. The van der Waals surface area contributed by atoms with Crippen molar-refractivity contribution in [3.63, 3.8) is 0 Å². The summed E-state index contributed by atoms with van der Waals surface area (Å²) < 4.78 is 0. The zero-order valence-corrected chi connectivity index (χ0v) is 19.1. The summed E-state index contributed by atoms with van der Waals surface area (Å²) in [6.45, 7) is 8.74. The molecule has 0 saturated heterocycles. The van der Waals surface area contributed by atoms with Gasteiger partial charge in [-0.25, -0.2) is 0 Å². The van der Waals surface area contributed by atoms with Crippen LogP contribution in [-0.2, 0) is 6.42 Å².